The highest BCUT2D eigenvalue weighted by Crippen LogP contribution is 2.32. The van der Waals surface area contributed by atoms with Gasteiger partial charge in [0.1, 0.15) is 5.82 Å². The molecule has 1 aromatic carbocycles. The number of hydrogen-bond acceptors (Lipinski definition) is 2. The zero-order valence-corrected chi connectivity index (χ0v) is 12.5. The number of halogens is 3. The van der Waals surface area contributed by atoms with Gasteiger partial charge in [-0.3, -0.25) is 4.79 Å². The minimum absolute atomic E-state index is 0.127. The van der Waals surface area contributed by atoms with Gasteiger partial charge in [0.2, 0.25) is 5.91 Å². The van der Waals surface area contributed by atoms with Crippen molar-refractivity contribution in [1.82, 2.24) is 0 Å². The zero-order chi connectivity index (χ0) is 13.9. The highest BCUT2D eigenvalue weighted by atomic mass is 79.9. The normalized spacial score (nSPS) is 14.1. The molecule has 0 aliphatic heterocycles. The monoisotopic (exact) mass is 336 g/mol. The standard InChI is InChI=1S/C12H15BrClFN2O/c1-3-4-12(2,16)11(18)17-10-8(13)5-7(15)6-9(10)14/h5-6H,3-4,16H2,1-2H3,(H,17,18). The fraction of sp³-hybridized carbons (Fsp3) is 0.417. The highest BCUT2D eigenvalue weighted by Gasteiger charge is 2.28. The maximum absolute atomic E-state index is 13.0. The maximum atomic E-state index is 13.0. The molecule has 1 unspecified atom stereocenters. The lowest BCUT2D eigenvalue weighted by molar-refractivity contribution is -0.120. The van der Waals surface area contributed by atoms with E-state index in [4.69, 9.17) is 17.3 Å². The highest BCUT2D eigenvalue weighted by molar-refractivity contribution is 9.10. The summed E-state index contributed by atoms with van der Waals surface area (Å²) in [6, 6.07) is 2.37. The van der Waals surface area contributed by atoms with Gasteiger partial charge < -0.3 is 11.1 Å². The molecule has 0 aromatic heterocycles. The Labute approximate surface area is 119 Å². The number of benzene rings is 1. The van der Waals surface area contributed by atoms with Gasteiger partial charge >= 0.3 is 0 Å². The summed E-state index contributed by atoms with van der Waals surface area (Å²) in [5.41, 5.74) is 5.25. The zero-order valence-electron chi connectivity index (χ0n) is 10.2. The third kappa shape index (κ3) is 3.67. The number of anilines is 1. The molecule has 0 bridgehead atoms. The number of hydrogen-bond donors (Lipinski definition) is 2. The van der Waals surface area contributed by atoms with Crippen molar-refractivity contribution < 1.29 is 9.18 Å². The van der Waals surface area contributed by atoms with Gasteiger partial charge in [0.05, 0.1) is 16.2 Å². The smallest absolute Gasteiger partial charge is 0.244 e. The Morgan fingerprint density at radius 2 is 2.22 bits per heavy atom. The Kier molecular flexibility index (Phi) is 5.13. The van der Waals surface area contributed by atoms with Crippen molar-refractivity contribution in [2.45, 2.75) is 32.2 Å². The van der Waals surface area contributed by atoms with E-state index in [0.717, 1.165) is 12.5 Å². The van der Waals surface area contributed by atoms with Crippen LogP contribution in [0.1, 0.15) is 26.7 Å². The second-order valence-electron chi connectivity index (χ2n) is 4.37. The molecule has 0 saturated heterocycles. The quantitative estimate of drug-likeness (QED) is 0.880. The second-order valence-corrected chi connectivity index (χ2v) is 5.63. The van der Waals surface area contributed by atoms with Crippen molar-refractivity contribution in [3.05, 3.63) is 27.4 Å². The molecule has 0 spiro atoms. The van der Waals surface area contributed by atoms with Crippen LogP contribution in [0, 0.1) is 5.82 Å². The molecule has 0 aliphatic carbocycles. The summed E-state index contributed by atoms with van der Waals surface area (Å²) in [5.74, 6) is -0.826. The van der Waals surface area contributed by atoms with Gasteiger partial charge in [0.25, 0.3) is 0 Å². The van der Waals surface area contributed by atoms with Crippen molar-refractivity contribution >= 4 is 39.1 Å². The summed E-state index contributed by atoms with van der Waals surface area (Å²) in [7, 11) is 0. The van der Waals surface area contributed by atoms with Gasteiger partial charge in [-0.25, -0.2) is 4.39 Å². The van der Waals surface area contributed by atoms with E-state index in [-0.39, 0.29) is 10.9 Å². The molecule has 3 N–H and O–H groups in total. The Hall–Kier alpha value is -0.650. The fourth-order valence-electron chi connectivity index (χ4n) is 1.55. The van der Waals surface area contributed by atoms with Gasteiger partial charge in [-0.15, -0.1) is 0 Å². The predicted octanol–water partition coefficient (Wildman–Crippen LogP) is 3.70. The fourth-order valence-corrected chi connectivity index (χ4v) is 2.45. The van der Waals surface area contributed by atoms with E-state index in [1.807, 2.05) is 6.92 Å². The van der Waals surface area contributed by atoms with Crippen molar-refractivity contribution in [2.24, 2.45) is 5.73 Å². The van der Waals surface area contributed by atoms with Crippen LogP contribution >= 0.6 is 27.5 Å². The van der Waals surface area contributed by atoms with Crippen LogP contribution in [0.4, 0.5) is 10.1 Å². The number of rotatable bonds is 4. The largest absolute Gasteiger partial charge is 0.322 e. The molecule has 18 heavy (non-hydrogen) atoms. The molecular weight excluding hydrogens is 322 g/mol. The Balaban J connectivity index is 2.95. The first-order valence-electron chi connectivity index (χ1n) is 5.53. The second kappa shape index (κ2) is 5.99. The molecule has 3 nitrogen and oxygen atoms in total. The van der Waals surface area contributed by atoms with Crippen LogP contribution in [0.5, 0.6) is 0 Å². The average Bonchev–Trinajstić information content (AvgIpc) is 2.22. The lowest BCUT2D eigenvalue weighted by Gasteiger charge is -2.23. The van der Waals surface area contributed by atoms with Crippen LogP contribution in [0.2, 0.25) is 5.02 Å². The molecule has 100 valence electrons. The van der Waals surface area contributed by atoms with Crippen LogP contribution in [0.3, 0.4) is 0 Å². The molecular formula is C12H15BrClFN2O. The van der Waals surface area contributed by atoms with Gasteiger partial charge in [-0.1, -0.05) is 24.9 Å². The van der Waals surface area contributed by atoms with Crippen LogP contribution in [-0.4, -0.2) is 11.4 Å². The summed E-state index contributed by atoms with van der Waals surface area (Å²) < 4.78 is 13.4. The summed E-state index contributed by atoms with van der Waals surface area (Å²) in [4.78, 5) is 12.0. The summed E-state index contributed by atoms with van der Waals surface area (Å²) in [6.07, 6.45) is 1.34. The van der Waals surface area contributed by atoms with Gasteiger partial charge in [-0.2, -0.15) is 0 Å². The topological polar surface area (TPSA) is 55.1 Å². The first-order valence-corrected chi connectivity index (χ1v) is 6.70. The van der Waals surface area contributed by atoms with Crippen molar-refractivity contribution in [1.29, 1.82) is 0 Å². The molecule has 1 aromatic rings. The van der Waals surface area contributed by atoms with Crippen LogP contribution < -0.4 is 11.1 Å². The lowest BCUT2D eigenvalue weighted by Crippen LogP contribution is -2.48. The molecule has 0 aliphatic rings. The van der Waals surface area contributed by atoms with E-state index >= 15 is 0 Å². The number of nitrogens with two attached hydrogens (primary N) is 1. The molecule has 0 saturated carbocycles. The Bertz CT molecular complexity index is 442. The molecule has 0 heterocycles. The number of carbonyl (C=O) groups excluding carboxylic acids is 1. The average molecular weight is 338 g/mol. The van der Waals surface area contributed by atoms with Crippen molar-refractivity contribution in [3.8, 4) is 0 Å². The number of amides is 1. The molecule has 1 amide bonds. The Morgan fingerprint density at radius 3 is 2.72 bits per heavy atom. The third-order valence-corrected chi connectivity index (χ3v) is 3.46. The molecule has 1 rings (SSSR count). The van der Waals surface area contributed by atoms with Gasteiger partial charge in [0, 0.05) is 4.47 Å². The minimum Gasteiger partial charge on any atom is -0.322 e. The van der Waals surface area contributed by atoms with E-state index in [2.05, 4.69) is 21.2 Å². The van der Waals surface area contributed by atoms with Crippen molar-refractivity contribution in [3.63, 3.8) is 0 Å². The number of nitrogens with one attached hydrogen (secondary N) is 1. The first-order chi connectivity index (χ1) is 8.27. The van der Waals surface area contributed by atoms with Crippen LogP contribution in [0.15, 0.2) is 16.6 Å². The third-order valence-electron chi connectivity index (χ3n) is 2.53. The molecule has 0 fully saturated rings. The van der Waals surface area contributed by atoms with E-state index < -0.39 is 11.4 Å². The van der Waals surface area contributed by atoms with Crippen LogP contribution in [-0.2, 0) is 4.79 Å². The SMILES string of the molecule is CCCC(C)(N)C(=O)Nc1c(Cl)cc(F)cc1Br. The summed E-state index contributed by atoms with van der Waals surface area (Å²) in [6.45, 7) is 3.59. The summed E-state index contributed by atoms with van der Waals surface area (Å²) in [5, 5.41) is 2.75. The van der Waals surface area contributed by atoms with E-state index in [9.17, 15) is 9.18 Å². The lowest BCUT2D eigenvalue weighted by atomic mass is 9.96. The van der Waals surface area contributed by atoms with Gasteiger partial charge in [-0.05, 0) is 41.4 Å². The van der Waals surface area contributed by atoms with Crippen molar-refractivity contribution in [2.75, 3.05) is 5.32 Å². The molecule has 6 heteroatoms. The minimum atomic E-state index is -0.980. The molecule has 0 radical (unpaired) electrons. The Morgan fingerprint density at radius 1 is 1.61 bits per heavy atom. The maximum Gasteiger partial charge on any atom is 0.244 e. The number of carbonyl (C=O) groups is 1. The van der Waals surface area contributed by atoms with E-state index in [1.54, 1.807) is 6.92 Å². The van der Waals surface area contributed by atoms with Crippen LogP contribution in [0.25, 0.3) is 0 Å². The van der Waals surface area contributed by atoms with Gasteiger partial charge in [0.15, 0.2) is 0 Å². The van der Waals surface area contributed by atoms with E-state index in [0.29, 0.717) is 16.6 Å². The molecule has 1 atom stereocenters. The first kappa shape index (κ1) is 15.4. The van der Waals surface area contributed by atoms with E-state index in [1.165, 1.54) is 6.07 Å². The summed E-state index contributed by atoms with van der Waals surface area (Å²) >= 11 is 9.03. The predicted molar refractivity (Wildman–Crippen MR) is 75.2 cm³/mol.